The molecule has 0 radical (unpaired) electrons. The molecular formula is C17H21N5OS. The molecule has 0 N–H and O–H groups in total. The van der Waals surface area contributed by atoms with Crippen LogP contribution >= 0.6 is 11.3 Å². The van der Waals surface area contributed by atoms with Crippen molar-refractivity contribution in [3.05, 3.63) is 40.5 Å². The van der Waals surface area contributed by atoms with E-state index in [1.54, 1.807) is 22.1 Å². The maximum Gasteiger partial charge on any atom is 0.274 e. The molecule has 24 heavy (non-hydrogen) atoms. The molecule has 0 spiro atoms. The third-order valence-corrected chi connectivity index (χ3v) is 5.90. The molecule has 7 heteroatoms. The SMILES string of the molecule is Cc1csc2c(C3CCN(C(=O)c4ccn(C)n4)CC3)nc(C)n12. The van der Waals surface area contributed by atoms with Gasteiger partial charge >= 0.3 is 0 Å². The van der Waals surface area contributed by atoms with E-state index in [0.717, 1.165) is 31.8 Å². The van der Waals surface area contributed by atoms with Crippen molar-refractivity contribution in [2.45, 2.75) is 32.6 Å². The van der Waals surface area contributed by atoms with Gasteiger partial charge in [0.2, 0.25) is 0 Å². The van der Waals surface area contributed by atoms with Gasteiger partial charge in [0, 0.05) is 43.3 Å². The number of thiazole rings is 1. The number of hydrogen-bond acceptors (Lipinski definition) is 4. The Morgan fingerprint density at radius 3 is 2.71 bits per heavy atom. The second-order valence-corrected chi connectivity index (χ2v) is 7.36. The van der Waals surface area contributed by atoms with E-state index in [-0.39, 0.29) is 5.91 Å². The number of aromatic nitrogens is 4. The fraction of sp³-hybridized carbons (Fsp3) is 0.471. The number of imidazole rings is 1. The molecule has 0 saturated carbocycles. The highest BCUT2D eigenvalue weighted by atomic mass is 32.1. The highest BCUT2D eigenvalue weighted by Crippen LogP contribution is 2.34. The molecule has 4 heterocycles. The molecule has 0 bridgehead atoms. The Hall–Kier alpha value is -2.15. The van der Waals surface area contributed by atoms with Gasteiger partial charge in [-0.1, -0.05) is 0 Å². The van der Waals surface area contributed by atoms with Crippen LogP contribution in [0.25, 0.3) is 4.83 Å². The number of fused-ring (bicyclic) bond motifs is 1. The third-order valence-electron chi connectivity index (χ3n) is 4.82. The van der Waals surface area contributed by atoms with Gasteiger partial charge in [0.15, 0.2) is 0 Å². The Morgan fingerprint density at radius 1 is 1.29 bits per heavy atom. The lowest BCUT2D eigenvalue weighted by Gasteiger charge is -2.30. The first kappa shape index (κ1) is 15.4. The number of piperidine rings is 1. The monoisotopic (exact) mass is 343 g/mol. The van der Waals surface area contributed by atoms with Gasteiger partial charge < -0.3 is 4.90 Å². The van der Waals surface area contributed by atoms with Crippen molar-refractivity contribution in [2.24, 2.45) is 7.05 Å². The van der Waals surface area contributed by atoms with Crippen LogP contribution in [0.15, 0.2) is 17.6 Å². The summed E-state index contributed by atoms with van der Waals surface area (Å²) in [6.07, 6.45) is 3.73. The average Bonchev–Trinajstić information content (AvgIpc) is 3.26. The fourth-order valence-corrected chi connectivity index (χ4v) is 4.67. The molecule has 0 atom stereocenters. The number of rotatable bonds is 2. The predicted octanol–water partition coefficient (Wildman–Crippen LogP) is 2.77. The van der Waals surface area contributed by atoms with E-state index in [1.165, 1.54) is 16.2 Å². The van der Waals surface area contributed by atoms with Gasteiger partial charge in [-0.2, -0.15) is 5.10 Å². The van der Waals surface area contributed by atoms with Crippen LogP contribution in [-0.4, -0.2) is 43.1 Å². The van der Waals surface area contributed by atoms with Crippen molar-refractivity contribution in [3.63, 3.8) is 0 Å². The van der Waals surface area contributed by atoms with Crippen molar-refractivity contribution in [1.29, 1.82) is 0 Å². The van der Waals surface area contributed by atoms with Crippen LogP contribution in [0, 0.1) is 13.8 Å². The first-order chi connectivity index (χ1) is 11.5. The van der Waals surface area contributed by atoms with Gasteiger partial charge in [-0.3, -0.25) is 13.9 Å². The van der Waals surface area contributed by atoms with Gasteiger partial charge in [0.1, 0.15) is 16.3 Å². The largest absolute Gasteiger partial charge is 0.337 e. The fourth-order valence-electron chi connectivity index (χ4n) is 3.57. The highest BCUT2D eigenvalue weighted by Gasteiger charge is 2.28. The molecule has 3 aromatic rings. The minimum Gasteiger partial charge on any atom is -0.337 e. The number of aryl methyl sites for hydroxylation is 3. The second-order valence-electron chi connectivity index (χ2n) is 6.50. The van der Waals surface area contributed by atoms with Gasteiger partial charge in [-0.15, -0.1) is 11.3 Å². The van der Waals surface area contributed by atoms with Crippen LogP contribution in [0.3, 0.4) is 0 Å². The number of carbonyl (C=O) groups excluding carboxylic acids is 1. The van der Waals surface area contributed by atoms with E-state index in [2.05, 4.69) is 28.7 Å². The van der Waals surface area contributed by atoms with Crippen LogP contribution in [0.4, 0.5) is 0 Å². The van der Waals surface area contributed by atoms with Crippen molar-refractivity contribution in [2.75, 3.05) is 13.1 Å². The van der Waals surface area contributed by atoms with Crippen LogP contribution in [0.5, 0.6) is 0 Å². The molecule has 1 aliphatic heterocycles. The Labute approximate surface area is 144 Å². The van der Waals surface area contributed by atoms with E-state index in [4.69, 9.17) is 4.98 Å². The minimum absolute atomic E-state index is 0.0344. The van der Waals surface area contributed by atoms with Crippen molar-refractivity contribution in [1.82, 2.24) is 24.1 Å². The maximum absolute atomic E-state index is 12.5. The standard InChI is InChI=1S/C17H21N5OS/c1-11-10-24-17-15(18-12(2)22(11)17)13-4-8-21(9-5-13)16(23)14-6-7-20(3)19-14/h6-7,10,13H,4-5,8-9H2,1-3H3. The summed E-state index contributed by atoms with van der Waals surface area (Å²) in [4.78, 5) is 20.5. The summed E-state index contributed by atoms with van der Waals surface area (Å²) in [5.41, 5.74) is 2.98. The normalized spacial score (nSPS) is 16.2. The minimum atomic E-state index is 0.0344. The average molecular weight is 343 g/mol. The first-order valence-electron chi connectivity index (χ1n) is 8.26. The predicted molar refractivity (Wildman–Crippen MR) is 93.6 cm³/mol. The zero-order chi connectivity index (χ0) is 16.8. The number of nitrogens with zero attached hydrogens (tertiary/aromatic N) is 5. The summed E-state index contributed by atoms with van der Waals surface area (Å²) < 4.78 is 3.91. The van der Waals surface area contributed by atoms with Gasteiger partial charge in [-0.05, 0) is 32.8 Å². The molecule has 1 amide bonds. The number of likely N-dealkylation sites (tertiary alicyclic amines) is 1. The number of amides is 1. The first-order valence-corrected chi connectivity index (χ1v) is 9.14. The van der Waals surface area contributed by atoms with E-state index in [9.17, 15) is 4.79 Å². The Morgan fingerprint density at radius 2 is 2.04 bits per heavy atom. The van der Waals surface area contributed by atoms with Crippen LogP contribution < -0.4 is 0 Å². The Bertz CT molecular complexity index is 898. The van der Waals surface area contributed by atoms with Gasteiger partial charge in [-0.25, -0.2) is 4.98 Å². The smallest absolute Gasteiger partial charge is 0.274 e. The molecular weight excluding hydrogens is 322 g/mol. The number of hydrogen-bond donors (Lipinski definition) is 0. The van der Waals surface area contributed by atoms with Crippen LogP contribution in [0.1, 0.15) is 46.5 Å². The highest BCUT2D eigenvalue weighted by molar-refractivity contribution is 7.15. The third kappa shape index (κ3) is 2.43. The summed E-state index contributed by atoms with van der Waals surface area (Å²) in [5, 5.41) is 6.41. The summed E-state index contributed by atoms with van der Waals surface area (Å²) in [6.45, 7) is 5.72. The van der Waals surface area contributed by atoms with Gasteiger partial charge in [0.25, 0.3) is 5.91 Å². The maximum atomic E-state index is 12.5. The van der Waals surface area contributed by atoms with E-state index in [1.807, 2.05) is 18.1 Å². The van der Waals surface area contributed by atoms with Gasteiger partial charge in [0.05, 0.1) is 5.69 Å². The summed E-state index contributed by atoms with van der Waals surface area (Å²) >= 11 is 1.77. The molecule has 0 aliphatic carbocycles. The molecule has 0 unspecified atom stereocenters. The lowest BCUT2D eigenvalue weighted by Crippen LogP contribution is -2.38. The summed E-state index contributed by atoms with van der Waals surface area (Å²) in [7, 11) is 1.83. The summed E-state index contributed by atoms with van der Waals surface area (Å²) in [5.74, 6) is 1.53. The van der Waals surface area contributed by atoms with Crippen LogP contribution in [-0.2, 0) is 7.05 Å². The quantitative estimate of drug-likeness (QED) is 0.719. The Kier molecular flexibility index (Phi) is 3.68. The van der Waals surface area contributed by atoms with Crippen molar-refractivity contribution in [3.8, 4) is 0 Å². The topological polar surface area (TPSA) is 55.4 Å². The van der Waals surface area contributed by atoms with E-state index in [0.29, 0.717) is 11.6 Å². The lowest BCUT2D eigenvalue weighted by molar-refractivity contribution is 0.0705. The van der Waals surface area contributed by atoms with E-state index >= 15 is 0 Å². The van der Waals surface area contributed by atoms with Crippen molar-refractivity contribution >= 4 is 22.1 Å². The molecule has 1 saturated heterocycles. The molecule has 126 valence electrons. The molecule has 1 aliphatic rings. The molecule has 6 nitrogen and oxygen atoms in total. The summed E-state index contributed by atoms with van der Waals surface area (Å²) in [6, 6.07) is 1.78. The van der Waals surface area contributed by atoms with Crippen LogP contribution in [0.2, 0.25) is 0 Å². The molecule has 4 rings (SSSR count). The Balaban J connectivity index is 1.50. The molecule has 3 aromatic heterocycles. The second kappa shape index (κ2) is 5.73. The number of carbonyl (C=O) groups is 1. The zero-order valence-electron chi connectivity index (χ0n) is 14.2. The van der Waals surface area contributed by atoms with Crippen molar-refractivity contribution < 1.29 is 4.79 Å². The van der Waals surface area contributed by atoms with E-state index < -0.39 is 0 Å². The molecule has 0 aromatic carbocycles. The molecule has 1 fully saturated rings. The zero-order valence-corrected chi connectivity index (χ0v) is 15.0. The lowest BCUT2D eigenvalue weighted by atomic mass is 9.94.